The lowest BCUT2D eigenvalue weighted by atomic mass is 9.86. The Morgan fingerprint density at radius 2 is 1.72 bits per heavy atom. The third-order valence-corrected chi connectivity index (χ3v) is 6.83. The maximum atomic E-state index is 8.72. The highest BCUT2D eigenvalue weighted by Crippen LogP contribution is 2.38. The predicted molar refractivity (Wildman–Crippen MR) is 125 cm³/mol. The first-order chi connectivity index (χ1) is 14.7. The van der Waals surface area contributed by atoms with Gasteiger partial charge >= 0.3 is 0 Å². The summed E-state index contributed by atoms with van der Waals surface area (Å²) in [7, 11) is 1.94. The molecular weight excluding hydrogens is 350 g/mol. The van der Waals surface area contributed by atoms with E-state index in [1.807, 2.05) is 11.6 Å². The van der Waals surface area contributed by atoms with Crippen molar-refractivity contribution in [3.05, 3.63) is 64.8 Å². The summed E-state index contributed by atoms with van der Waals surface area (Å²) in [5.41, 5.74) is 7.60. The van der Waals surface area contributed by atoms with Crippen molar-refractivity contribution < 1.29 is 7.31 Å². The summed E-state index contributed by atoms with van der Waals surface area (Å²) in [4.78, 5) is 0. The lowest BCUT2D eigenvalue weighted by Gasteiger charge is -2.19. The summed E-state index contributed by atoms with van der Waals surface area (Å²) < 4.78 is 19.4. The highest BCUT2D eigenvalue weighted by Gasteiger charge is 2.23. The number of benzene rings is 2. The maximum Gasteiger partial charge on any atom is 0.220 e. The van der Waals surface area contributed by atoms with E-state index in [4.69, 9.17) is 2.74 Å². The first-order valence-electron chi connectivity index (χ1n) is 12.3. The first kappa shape index (κ1) is 17.7. The summed E-state index contributed by atoms with van der Waals surface area (Å²) in [5.74, 6) is 1.48. The van der Waals surface area contributed by atoms with Gasteiger partial charge in [0.05, 0.1) is 12.3 Å². The maximum absolute atomic E-state index is 8.72. The largest absolute Gasteiger partial charge is 0.220 e. The van der Waals surface area contributed by atoms with Gasteiger partial charge in [0.15, 0.2) is 6.17 Å². The molecule has 3 aromatic rings. The van der Waals surface area contributed by atoms with Crippen LogP contribution in [0.5, 0.6) is 0 Å². The molecular formula is C28H36N+. The molecule has 0 radical (unpaired) electrons. The molecule has 1 aromatic heterocycles. The van der Waals surface area contributed by atoms with Crippen molar-refractivity contribution in [1.82, 2.24) is 0 Å². The van der Waals surface area contributed by atoms with Gasteiger partial charge in [0.2, 0.25) is 5.69 Å². The summed E-state index contributed by atoms with van der Waals surface area (Å²) in [6.07, 6.45) is 5.37. The fourth-order valence-corrected chi connectivity index (χ4v) is 5.03. The van der Waals surface area contributed by atoms with Crippen LogP contribution in [0, 0.1) is 6.92 Å². The number of pyridine rings is 1. The number of hydrogen-bond donors (Lipinski definition) is 0. The molecule has 29 heavy (non-hydrogen) atoms. The van der Waals surface area contributed by atoms with E-state index in [2.05, 4.69) is 65.0 Å². The van der Waals surface area contributed by atoms with Gasteiger partial charge in [0, 0.05) is 6.04 Å². The van der Waals surface area contributed by atoms with E-state index >= 15 is 0 Å². The van der Waals surface area contributed by atoms with Crippen LogP contribution in [0.3, 0.4) is 0 Å². The minimum absolute atomic E-state index is 0.284. The molecule has 1 aliphatic rings. The minimum atomic E-state index is 0.284. The number of aromatic nitrogens is 1. The minimum Gasteiger partial charge on any atom is -0.200 e. The molecule has 2 aromatic carbocycles. The van der Waals surface area contributed by atoms with Crippen LogP contribution < -0.4 is 4.57 Å². The SMILES string of the molecule is [2H]c1c([2H])[n+](C)c(-c2cc(C(C)C)cc(C(C)C)c2C)c2ccc(C3CCCC3)cc12. The van der Waals surface area contributed by atoms with Gasteiger partial charge in [-0.15, -0.1) is 0 Å². The molecule has 1 saturated carbocycles. The van der Waals surface area contributed by atoms with Crippen LogP contribution in [-0.4, -0.2) is 0 Å². The van der Waals surface area contributed by atoms with Crippen LogP contribution in [0.1, 0.15) is 96.1 Å². The Labute approximate surface area is 179 Å². The van der Waals surface area contributed by atoms with E-state index < -0.39 is 0 Å². The zero-order chi connectivity index (χ0) is 22.4. The Kier molecular flexibility index (Phi) is 4.84. The molecule has 0 atom stereocenters. The van der Waals surface area contributed by atoms with Gasteiger partial charge < -0.3 is 0 Å². The lowest BCUT2D eigenvalue weighted by Crippen LogP contribution is -2.31. The molecule has 0 N–H and O–H groups in total. The Bertz CT molecular complexity index is 1140. The standard InChI is InChI=1S/C28H36N/c1-18(2)24-16-26(19(3)4)20(5)27(17-24)28-25-12-11-22(21-9-7-8-10-21)15-23(25)13-14-29(28)6/h11-19,21H,7-10H2,1-6H3/q+1/i13D,14D. The molecule has 0 unspecified atom stereocenters. The van der Waals surface area contributed by atoms with E-state index in [1.54, 1.807) is 0 Å². The molecule has 0 amide bonds. The molecule has 0 saturated heterocycles. The van der Waals surface area contributed by atoms with Crippen molar-refractivity contribution in [1.29, 1.82) is 0 Å². The van der Waals surface area contributed by atoms with Crippen LogP contribution in [-0.2, 0) is 7.05 Å². The van der Waals surface area contributed by atoms with Crippen molar-refractivity contribution in [3.63, 3.8) is 0 Å². The lowest BCUT2D eigenvalue weighted by molar-refractivity contribution is -0.659. The average molecular weight is 389 g/mol. The van der Waals surface area contributed by atoms with E-state index in [0.717, 1.165) is 16.5 Å². The van der Waals surface area contributed by atoms with Gasteiger partial charge in [0.25, 0.3) is 0 Å². The monoisotopic (exact) mass is 388 g/mol. The molecule has 0 bridgehead atoms. The smallest absolute Gasteiger partial charge is 0.200 e. The molecule has 4 rings (SSSR count). The van der Waals surface area contributed by atoms with Gasteiger partial charge in [-0.05, 0) is 77.3 Å². The van der Waals surface area contributed by atoms with Crippen LogP contribution >= 0.6 is 0 Å². The van der Waals surface area contributed by atoms with Crippen molar-refractivity contribution in [2.45, 2.75) is 78.1 Å². The van der Waals surface area contributed by atoms with Crippen LogP contribution in [0.4, 0.5) is 0 Å². The van der Waals surface area contributed by atoms with Gasteiger partial charge in [0.1, 0.15) is 8.42 Å². The molecule has 1 aliphatic carbocycles. The van der Waals surface area contributed by atoms with Crippen molar-refractivity contribution in [3.8, 4) is 11.3 Å². The van der Waals surface area contributed by atoms with Gasteiger partial charge in [-0.1, -0.05) is 58.7 Å². The van der Waals surface area contributed by atoms with E-state index in [1.165, 1.54) is 53.5 Å². The topological polar surface area (TPSA) is 3.88 Å². The number of fused-ring (bicyclic) bond motifs is 1. The van der Waals surface area contributed by atoms with Crippen LogP contribution in [0.25, 0.3) is 22.0 Å². The highest BCUT2D eigenvalue weighted by atomic mass is 14.9. The third-order valence-electron chi connectivity index (χ3n) is 6.83. The Balaban J connectivity index is 2.04. The quantitative estimate of drug-likeness (QED) is 0.406. The Hall–Kier alpha value is -2.15. The van der Waals surface area contributed by atoms with Crippen LogP contribution in [0.2, 0.25) is 0 Å². The predicted octanol–water partition coefficient (Wildman–Crippen LogP) is 7.54. The second-order valence-corrected chi connectivity index (χ2v) is 9.52. The average Bonchev–Trinajstić information content (AvgIpc) is 3.27. The molecule has 1 heteroatoms. The van der Waals surface area contributed by atoms with Crippen LogP contribution in [0.15, 0.2) is 42.5 Å². The fourth-order valence-electron chi connectivity index (χ4n) is 5.03. The highest BCUT2D eigenvalue weighted by molar-refractivity contribution is 5.94. The molecule has 1 nitrogen and oxygen atoms in total. The zero-order valence-corrected chi connectivity index (χ0v) is 18.9. The Morgan fingerprint density at radius 1 is 1.00 bits per heavy atom. The van der Waals surface area contributed by atoms with E-state index in [-0.39, 0.29) is 6.17 Å². The molecule has 0 aliphatic heterocycles. The number of hydrogen-bond acceptors (Lipinski definition) is 0. The van der Waals surface area contributed by atoms with Gasteiger partial charge in [-0.2, -0.15) is 0 Å². The van der Waals surface area contributed by atoms with Gasteiger partial charge in [-0.25, -0.2) is 4.57 Å². The summed E-state index contributed by atoms with van der Waals surface area (Å²) in [5, 5.41) is 2.01. The second-order valence-electron chi connectivity index (χ2n) is 9.52. The molecule has 152 valence electrons. The van der Waals surface area contributed by atoms with Crippen molar-refractivity contribution in [2.75, 3.05) is 0 Å². The second kappa shape index (κ2) is 7.94. The Morgan fingerprint density at radius 3 is 2.38 bits per heavy atom. The third kappa shape index (κ3) is 3.72. The van der Waals surface area contributed by atoms with E-state index in [0.29, 0.717) is 23.8 Å². The summed E-state index contributed by atoms with van der Waals surface area (Å²) in [6.45, 7) is 11.2. The van der Waals surface area contributed by atoms with Crippen molar-refractivity contribution in [2.24, 2.45) is 7.05 Å². The van der Waals surface area contributed by atoms with Gasteiger partial charge in [-0.3, -0.25) is 0 Å². The summed E-state index contributed by atoms with van der Waals surface area (Å²) >= 11 is 0. The molecule has 0 spiro atoms. The normalized spacial score (nSPS) is 16.1. The van der Waals surface area contributed by atoms with E-state index in [9.17, 15) is 0 Å². The molecule has 1 heterocycles. The molecule has 1 fully saturated rings. The summed E-state index contributed by atoms with van der Waals surface area (Å²) in [6, 6.07) is 11.7. The fraction of sp³-hybridized carbons (Fsp3) is 0.464. The number of nitrogens with zero attached hydrogens (tertiary/aromatic N) is 1. The first-order valence-corrected chi connectivity index (χ1v) is 11.3. The zero-order valence-electron chi connectivity index (χ0n) is 20.9. The number of rotatable bonds is 4. The van der Waals surface area contributed by atoms with Crippen molar-refractivity contribution >= 4 is 10.8 Å².